The van der Waals surface area contributed by atoms with Crippen LogP contribution in [-0.2, 0) is 19.1 Å². The van der Waals surface area contributed by atoms with E-state index in [2.05, 4.69) is 9.47 Å². The third-order valence-corrected chi connectivity index (χ3v) is 3.44. The van der Waals surface area contributed by atoms with Crippen molar-refractivity contribution in [2.75, 3.05) is 14.2 Å². The molecule has 19 heavy (non-hydrogen) atoms. The van der Waals surface area contributed by atoms with Crippen molar-refractivity contribution >= 4 is 30.0 Å². The zero-order valence-electron chi connectivity index (χ0n) is 10.6. The Balaban J connectivity index is 2.68. The van der Waals surface area contributed by atoms with Crippen LogP contribution in [0.1, 0.15) is 16.8 Å². The first kappa shape index (κ1) is 15.2. The summed E-state index contributed by atoms with van der Waals surface area (Å²) in [6.45, 7) is 0. The predicted octanol–water partition coefficient (Wildman–Crippen LogP) is 1.70. The van der Waals surface area contributed by atoms with Crippen LogP contribution in [0.15, 0.2) is 29.2 Å². The molecule has 0 aliphatic rings. The number of hydrogen-bond donors (Lipinski definition) is 0. The molecule has 0 heterocycles. The highest BCUT2D eigenvalue weighted by molar-refractivity contribution is 8.00. The fourth-order valence-corrected chi connectivity index (χ4v) is 2.25. The van der Waals surface area contributed by atoms with Crippen molar-refractivity contribution in [3.05, 3.63) is 29.8 Å². The van der Waals surface area contributed by atoms with Crippen LogP contribution < -0.4 is 0 Å². The Labute approximate surface area is 115 Å². The number of carbonyl (C=O) groups excluding carboxylic acids is 3. The van der Waals surface area contributed by atoms with Gasteiger partial charge in [0.1, 0.15) is 6.29 Å². The molecule has 1 aromatic carbocycles. The maximum absolute atomic E-state index is 11.2. The Morgan fingerprint density at radius 3 is 2.32 bits per heavy atom. The maximum atomic E-state index is 11.2. The summed E-state index contributed by atoms with van der Waals surface area (Å²) in [6.07, 6.45) is 0.721. The normalized spacial score (nSPS) is 11.5. The van der Waals surface area contributed by atoms with Gasteiger partial charge in [-0.1, -0.05) is 0 Å². The number of rotatable bonds is 6. The molecule has 0 aliphatic heterocycles. The van der Waals surface area contributed by atoms with E-state index in [1.54, 1.807) is 24.3 Å². The minimum absolute atomic E-state index is 0.0173. The van der Waals surface area contributed by atoms with Crippen molar-refractivity contribution < 1.29 is 23.9 Å². The first-order chi connectivity index (χ1) is 9.10. The molecule has 5 nitrogen and oxygen atoms in total. The lowest BCUT2D eigenvalue weighted by Crippen LogP contribution is -2.13. The summed E-state index contributed by atoms with van der Waals surface area (Å²) in [6, 6.07) is 6.61. The number of aldehydes is 1. The van der Waals surface area contributed by atoms with Gasteiger partial charge in [-0.25, -0.2) is 4.79 Å². The predicted molar refractivity (Wildman–Crippen MR) is 70.1 cm³/mol. The van der Waals surface area contributed by atoms with Gasteiger partial charge in [0.05, 0.1) is 31.5 Å². The summed E-state index contributed by atoms with van der Waals surface area (Å²) in [7, 11) is 2.59. The molecule has 0 N–H and O–H groups in total. The second-order valence-electron chi connectivity index (χ2n) is 3.59. The van der Waals surface area contributed by atoms with Crippen LogP contribution >= 0.6 is 11.8 Å². The van der Waals surface area contributed by atoms with Crippen LogP contribution in [0.2, 0.25) is 0 Å². The van der Waals surface area contributed by atoms with E-state index in [-0.39, 0.29) is 6.42 Å². The zero-order chi connectivity index (χ0) is 14.3. The fraction of sp³-hybridized carbons (Fsp3) is 0.308. The molecule has 0 fully saturated rings. The number of carbonyl (C=O) groups is 3. The molecule has 0 amide bonds. The van der Waals surface area contributed by atoms with E-state index in [4.69, 9.17) is 0 Å². The van der Waals surface area contributed by atoms with E-state index in [1.807, 2.05) is 0 Å². The van der Waals surface area contributed by atoms with Crippen molar-refractivity contribution in [2.45, 2.75) is 16.6 Å². The first-order valence-corrected chi connectivity index (χ1v) is 6.35. The number of esters is 2. The Bertz CT molecular complexity index is 455. The van der Waals surface area contributed by atoms with Gasteiger partial charge in [-0.2, -0.15) is 0 Å². The summed E-state index contributed by atoms with van der Waals surface area (Å²) in [5.74, 6) is -0.853. The lowest BCUT2D eigenvalue weighted by Gasteiger charge is -2.08. The molecule has 0 bridgehead atoms. The van der Waals surface area contributed by atoms with Gasteiger partial charge < -0.3 is 14.3 Å². The molecule has 1 aromatic rings. The third-order valence-electron chi connectivity index (χ3n) is 2.31. The van der Waals surface area contributed by atoms with E-state index < -0.39 is 17.2 Å². The minimum Gasteiger partial charge on any atom is -0.469 e. The summed E-state index contributed by atoms with van der Waals surface area (Å²) in [5, 5.41) is -0.503. The van der Waals surface area contributed by atoms with E-state index in [0.717, 1.165) is 4.90 Å². The van der Waals surface area contributed by atoms with E-state index in [9.17, 15) is 14.4 Å². The van der Waals surface area contributed by atoms with Crippen LogP contribution in [0.3, 0.4) is 0 Å². The van der Waals surface area contributed by atoms with E-state index >= 15 is 0 Å². The molecule has 0 radical (unpaired) electrons. The van der Waals surface area contributed by atoms with Crippen molar-refractivity contribution in [1.29, 1.82) is 0 Å². The summed E-state index contributed by atoms with van der Waals surface area (Å²) in [4.78, 5) is 34.0. The number of ether oxygens (including phenoxy) is 2. The Morgan fingerprint density at radius 1 is 1.21 bits per heavy atom. The van der Waals surface area contributed by atoms with E-state index in [1.165, 1.54) is 26.0 Å². The lowest BCUT2D eigenvalue weighted by molar-refractivity contribution is -0.141. The van der Waals surface area contributed by atoms with Gasteiger partial charge >= 0.3 is 11.9 Å². The number of thioether (sulfide) groups is 1. The van der Waals surface area contributed by atoms with Crippen molar-refractivity contribution in [1.82, 2.24) is 0 Å². The SMILES string of the molecule is COC(=O)CC(C=O)Sc1ccc(C(=O)OC)cc1. The summed E-state index contributed by atoms with van der Waals surface area (Å²) >= 11 is 1.24. The monoisotopic (exact) mass is 282 g/mol. The average molecular weight is 282 g/mol. The van der Waals surface area contributed by atoms with Gasteiger partial charge in [-0.3, -0.25) is 4.79 Å². The number of hydrogen-bond acceptors (Lipinski definition) is 6. The largest absolute Gasteiger partial charge is 0.469 e. The van der Waals surface area contributed by atoms with Crippen LogP contribution in [0.25, 0.3) is 0 Å². The maximum Gasteiger partial charge on any atom is 0.337 e. The molecule has 1 atom stereocenters. The van der Waals surface area contributed by atoms with E-state index in [0.29, 0.717) is 11.8 Å². The molecule has 1 rings (SSSR count). The molecule has 1 unspecified atom stereocenters. The lowest BCUT2D eigenvalue weighted by atomic mass is 10.2. The first-order valence-electron chi connectivity index (χ1n) is 5.48. The summed E-state index contributed by atoms with van der Waals surface area (Å²) in [5.41, 5.74) is 0.433. The number of methoxy groups -OCH3 is 2. The highest BCUT2D eigenvalue weighted by atomic mass is 32.2. The average Bonchev–Trinajstić information content (AvgIpc) is 2.46. The van der Waals surface area contributed by atoms with Crippen LogP contribution in [0.4, 0.5) is 0 Å². The molecule has 0 saturated heterocycles. The molecule has 102 valence electrons. The number of benzene rings is 1. The molecule has 0 spiro atoms. The molecule has 0 aromatic heterocycles. The zero-order valence-corrected chi connectivity index (χ0v) is 11.4. The van der Waals surface area contributed by atoms with Gasteiger partial charge in [-0.05, 0) is 24.3 Å². The highest BCUT2D eigenvalue weighted by Crippen LogP contribution is 2.25. The molecule has 0 saturated carbocycles. The van der Waals surface area contributed by atoms with Gasteiger partial charge in [0.2, 0.25) is 0 Å². The fourth-order valence-electron chi connectivity index (χ4n) is 1.33. The van der Waals surface area contributed by atoms with Gasteiger partial charge in [0, 0.05) is 4.90 Å². The second kappa shape index (κ2) is 7.58. The Kier molecular flexibility index (Phi) is 6.08. The quantitative estimate of drug-likeness (QED) is 0.449. The van der Waals surface area contributed by atoms with Gasteiger partial charge in [0.15, 0.2) is 0 Å². The molecular weight excluding hydrogens is 268 g/mol. The van der Waals surface area contributed by atoms with Crippen molar-refractivity contribution in [2.24, 2.45) is 0 Å². The summed E-state index contributed by atoms with van der Waals surface area (Å²) < 4.78 is 9.10. The Hall–Kier alpha value is -1.82. The van der Waals surface area contributed by atoms with Crippen LogP contribution in [0.5, 0.6) is 0 Å². The van der Waals surface area contributed by atoms with Crippen molar-refractivity contribution in [3.63, 3.8) is 0 Å². The third kappa shape index (κ3) is 4.75. The smallest absolute Gasteiger partial charge is 0.337 e. The van der Waals surface area contributed by atoms with Gasteiger partial charge in [0.25, 0.3) is 0 Å². The molecule has 0 aliphatic carbocycles. The standard InChI is InChI=1S/C13H14O5S/c1-17-12(15)7-11(8-14)19-10-5-3-9(4-6-10)13(16)18-2/h3-6,8,11H,7H2,1-2H3. The minimum atomic E-state index is -0.503. The Morgan fingerprint density at radius 2 is 1.84 bits per heavy atom. The second-order valence-corrected chi connectivity index (χ2v) is 4.90. The van der Waals surface area contributed by atoms with Crippen LogP contribution in [-0.4, -0.2) is 37.7 Å². The van der Waals surface area contributed by atoms with Crippen LogP contribution in [0, 0.1) is 0 Å². The highest BCUT2D eigenvalue weighted by Gasteiger charge is 2.15. The van der Waals surface area contributed by atoms with Gasteiger partial charge in [-0.15, -0.1) is 11.8 Å². The molecule has 6 heteroatoms. The topological polar surface area (TPSA) is 69.7 Å². The van der Waals surface area contributed by atoms with Crippen molar-refractivity contribution in [3.8, 4) is 0 Å². The molecular formula is C13H14O5S.